The van der Waals surface area contributed by atoms with Gasteiger partial charge in [-0.2, -0.15) is 4.98 Å². The van der Waals surface area contributed by atoms with Crippen LogP contribution in [0, 0.1) is 11.7 Å². The topological polar surface area (TPSA) is 62.3 Å². The summed E-state index contributed by atoms with van der Waals surface area (Å²) in [4.78, 5) is 10.6. The van der Waals surface area contributed by atoms with Gasteiger partial charge in [0.25, 0.3) is 0 Å². The van der Waals surface area contributed by atoms with Gasteiger partial charge >= 0.3 is 6.36 Å². The van der Waals surface area contributed by atoms with Crippen LogP contribution in [0.5, 0.6) is 5.75 Å². The fourth-order valence-corrected chi connectivity index (χ4v) is 4.29. The van der Waals surface area contributed by atoms with Gasteiger partial charge in [-0.05, 0) is 57.2 Å². The maximum Gasteiger partial charge on any atom is 0.573 e. The van der Waals surface area contributed by atoms with E-state index in [2.05, 4.69) is 30.2 Å². The maximum absolute atomic E-state index is 14.2. The van der Waals surface area contributed by atoms with Gasteiger partial charge < -0.3 is 20.3 Å². The van der Waals surface area contributed by atoms with Gasteiger partial charge in [-0.3, -0.25) is 0 Å². The highest BCUT2D eigenvalue weighted by molar-refractivity contribution is 5.42. The molecular weight excluding hydrogens is 426 g/mol. The van der Waals surface area contributed by atoms with E-state index in [1.54, 1.807) is 6.07 Å². The predicted molar refractivity (Wildman–Crippen MR) is 113 cm³/mol. The molecule has 6 nitrogen and oxygen atoms in total. The third-order valence-electron chi connectivity index (χ3n) is 6.16. The third kappa shape index (κ3) is 5.99. The van der Waals surface area contributed by atoms with Crippen LogP contribution in [0.4, 0.5) is 29.3 Å². The third-order valence-corrected chi connectivity index (χ3v) is 6.16. The lowest BCUT2D eigenvalue weighted by Crippen LogP contribution is -2.46. The number of likely N-dealkylation sites (tertiary alicyclic amines) is 1. The molecule has 2 N–H and O–H groups in total. The summed E-state index contributed by atoms with van der Waals surface area (Å²) in [6.45, 7) is 3.05. The Morgan fingerprint density at radius 2 is 1.81 bits per heavy atom. The summed E-state index contributed by atoms with van der Waals surface area (Å²) >= 11 is 0. The summed E-state index contributed by atoms with van der Waals surface area (Å²) in [5.74, 6) is -0.193. The first kappa shape index (κ1) is 22.6. The molecule has 174 valence electrons. The van der Waals surface area contributed by atoms with Crippen molar-refractivity contribution in [1.29, 1.82) is 0 Å². The summed E-state index contributed by atoms with van der Waals surface area (Å²) in [5, 5.41) is 5.92. The summed E-state index contributed by atoms with van der Waals surface area (Å²) in [6, 6.07) is 6.50. The van der Waals surface area contributed by atoms with Crippen LogP contribution < -0.4 is 15.4 Å². The highest BCUT2D eigenvalue weighted by Crippen LogP contribution is 2.30. The minimum absolute atomic E-state index is 0.00214. The van der Waals surface area contributed by atoms with Gasteiger partial charge in [0.15, 0.2) is 11.6 Å². The number of alkyl halides is 3. The van der Waals surface area contributed by atoms with Crippen LogP contribution in [-0.2, 0) is 6.54 Å². The van der Waals surface area contributed by atoms with E-state index in [0.717, 1.165) is 19.0 Å². The molecule has 0 amide bonds. The molecule has 2 aliphatic rings. The number of rotatable bonds is 8. The van der Waals surface area contributed by atoms with E-state index in [4.69, 9.17) is 0 Å². The molecule has 1 saturated heterocycles. The molecule has 2 heterocycles. The second kappa shape index (κ2) is 9.89. The number of anilines is 2. The maximum atomic E-state index is 14.2. The van der Waals surface area contributed by atoms with Crippen molar-refractivity contribution >= 4 is 11.8 Å². The molecule has 1 aromatic carbocycles. The monoisotopic (exact) mass is 453 g/mol. The minimum atomic E-state index is -4.78. The van der Waals surface area contributed by atoms with Gasteiger partial charge in [0.05, 0.1) is 6.20 Å². The molecule has 2 fully saturated rings. The van der Waals surface area contributed by atoms with Crippen molar-refractivity contribution in [2.24, 2.45) is 5.92 Å². The second-order valence-electron chi connectivity index (χ2n) is 8.34. The minimum Gasteiger partial charge on any atom is -0.405 e. The Bertz CT molecular complexity index is 898. The highest BCUT2D eigenvalue weighted by Gasteiger charge is 2.32. The zero-order valence-corrected chi connectivity index (χ0v) is 17.7. The van der Waals surface area contributed by atoms with Crippen molar-refractivity contribution in [1.82, 2.24) is 14.9 Å². The molecule has 32 heavy (non-hydrogen) atoms. The number of nitrogens with one attached hydrogen (secondary N) is 2. The molecule has 1 aliphatic heterocycles. The first-order chi connectivity index (χ1) is 15.4. The molecule has 0 bridgehead atoms. The molecule has 0 unspecified atom stereocenters. The van der Waals surface area contributed by atoms with Crippen molar-refractivity contribution in [3.63, 3.8) is 0 Å². The van der Waals surface area contributed by atoms with Crippen LogP contribution in [-0.4, -0.2) is 46.9 Å². The largest absolute Gasteiger partial charge is 0.573 e. The lowest BCUT2D eigenvalue weighted by Gasteiger charge is -2.42. The van der Waals surface area contributed by atoms with Gasteiger partial charge in [0.1, 0.15) is 5.75 Å². The Hall–Kier alpha value is -2.62. The number of ether oxygens (including phenoxy) is 1. The van der Waals surface area contributed by atoms with Crippen LogP contribution in [0.3, 0.4) is 0 Å². The van der Waals surface area contributed by atoms with Crippen LogP contribution in [0.15, 0.2) is 30.5 Å². The van der Waals surface area contributed by atoms with E-state index in [1.807, 2.05) is 0 Å². The lowest BCUT2D eigenvalue weighted by molar-refractivity contribution is -0.274. The van der Waals surface area contributed by atoms with E-state index >= 15 is 0 Å². The molecule has 1 aliphatic carbocycles. The molecule has 4 rings (SSSR count). The van der Waals surface area contributed by atoms with E-state index in [1.165, 1.54) is 50.6 Å². The summed E-state index contributed by atoms with van der Waals surface area (Å²) < 4.78 is 56.0. The number of aromatic nitrogens is 2. The summed E-state index contributed by atoms with van der Waals surface area (Å²) in [5.41, 5.74) is 0.284. The molecule has 10 heteroatoms. The molecule has 0 radical (unpaired) electrons. The van der Waals surface area contributed by atoms with Gasteiger partial charge in [-0.1, -0.05) is 18.2 Å². The number of benzene rings is 1. The van der Waals surface area contributed by atoms with Gasteiger partial charge in [0, 0.05) is 24.7 Å². The van der Waals surface area contributed by atoms with E-state index in [-0.39, 0.29) is 29.6 Å². The second-order valence-corrected chi connectivity index (χ2v) is 8.34. The molecule has 0 atom stereocenters. The van der Waals surface area contributed by atoms with E-state index in [0.29, 0.717) is 18.5 Å². The molecular formula is C22H27F4N5O. The van der Waals surface area contributed by atoms with Crippen molar-refractivity contribution in [3.8, 4) is 5.75 Å². The number of halogens is 4. The number of hydrogen-bond acceptors (Lipinski definition) is 6. The Kier molecular flexibility index (Phi) is 6.98. The average molecular weight is 453 g/mol. The normalized spacial score (nSPS) is 21.6. The van der Waals surface area contributed by atoms with Crippen molar-refractivity contribution in [2.45, 2.75) is 51.1 Å². The van der Waals surface area contributed by atoms with Crippen LogP contribution in [0.25, 0.3) is 0 Å². The molecule has 1 aromatic heterocycles. The van der Waals surface area contributed by atoms with Crippen molar-refractivity contribution in [2.75, 3.05) is 30.3 Å². The number of para-hydroxylation sites is 1. The molecule has 2 aromatic rings. The smallest absolute Gasteiger partial charge is 0.405 e. The predicted octanol–water partition coefficient (Wildman–Crippen LogP) is 4.80. The van der Waals surface area contributed by atoms with Crippen LogP contribution in [0.1, 0.15) is 37.7 Å². The van der Waals surface area contributed by atoms with Crippen molar-refractivity contribution in [3.05, 3.63) is 41.8 Å². The molecule has 0 spiro atoms. The van der Waals surface area contributed by atoms with Gasteiger partial charge in [-0.15, -0.1) is 13.2 Å². The SMILES string of the molecule is Fc1cnc(NCc2ccccc2OC(F)(F)F)nc1NC[C@H]1CC[C@H](N2CCC2)CC1. The van der Waals surface area contributed by atoms with Crippen LogP contribution >= 0.6 is 0 Å². The Labute approximate surface area is 184 Å². The van der Waals surface area contributed by atoms with E-state index < -0.39 is 12.2 Å². The fraction of sp³-hybridized carbons (Fsp3) is 0.545. The Balaban J connectivity index is 1.30. The zero-order valence-electron chi connectivity index (χ0n) is 17.7. The summed E-state index contributed by atoms with van der Waals surface area (Å²) in [7, 11) is 0. The van der Waals surface area contributed by atoms with Gasteiger partial charge in [-0.25, -0.2) is 9.37 Å². The van der Waals surface area contributed by atoms with Gasteiger partial charge in [0.2, 0.25) is 5.95 Å². The van der Waals surface area contributed by atoms with Crippen molar-refractivity contribution < 1.29 is 22.3 Å². The summed E-state index contributed by atoms with van der Waals surface area (Å²) in [6.07, 6.45) is 2.11. The first-order valence-corrected chi connectivity index (χ1v) is 11.0. The Morgan fingerprint density at radius 3 is 2.50 bits per heavy atom. The lowest BCUT2D eigenvalue weighted by atomic mass is 9.84. The van der Waals surface area contributed by atoms with E-state index in [9.17, 15) is 17.6 Å². The number of nitrogens with zero attached hydrogens (tertiary/aromatic N) is 3. The number of hydrogen-bond donors (Lipinski definition) is 2. The fourth-order valence-electron chi connectivity index (χ4n) is 4.29. The quantitative estimate of drug-likeness (QED) is 0.560. The Morgan fingerprint density at radius 1 is 1.06 bits per heavy atom. The molecule has 1 saturated carbocycles. The standard InChI is InChI=1S/C22H27F4N5O/c23-18-14-29-21(28-13-16-4-1-2-5-19(16)32-22(24,25)26)30-20(18)27-12-15-6-8-17(9-7-15)31-10-3-11-31/h1-2,4-5,14-15,17H,3,6-13H2,(H2,27,28,29,30)/t15-,17-. The average Bonchev–Trinajstić information content (AvgIpc) is 2.72. The van der Waals surface area contributed by atoms with Crippen LogP contribution in [0.2, 0.25) is 0 Å². The first-order valence-electron chi connectivity index (χ1n) is 11.0. The zero-order chi connectivity index (χ0) is 22.6. The highest BCUT2D eigenvalue weighted by atomic mass is 19.4.